The summed E-state index contributed by atoms with van der Waals surface area (Å²) < 4.78 is 3.41. The summed E-state index contributed by atoms with van der Waals surface area (Å²) >= 11 is 0. The van der Waals surface area contributed by atoms with E-state index in [1.165, 1.54) is 0 Å². The molecule has 146 valence electrons. The van der Waals surface area contributed by atoms with Crippen LogP contribution in [0.1, 0.15) is 66.2 Å². The summed E-state index contributed by atoms with van der Waals surface area (Å²) in [5.41, 5.74) is -0.502. The zero-order valence-corrected chi connectivity index (χ0v) is 16.0. The van der Waals surface area contributed by atoms with Crippen LogP contribution in [0.15, 0.2) is 12.7 Å². The van der Waals surface area contributed by atoms with Crippen LogP contribution in [0.25, 0.3) is 0 Å². The molecule has 2 N–H and O–H groups in total. The van der Waals surface area contributed by atoms with Crippen molar-refractivity contribution in [3.05, 3.63) is 12.7 Å². The molecule has 2 heterocycles. The number of aliphatic hydroxyl groups excluding tert-OH is 2. The summed E-state index contributed by atoms with van der Waals surface area (Å²) in [7, 11) is 0. The minimum absolute atomic E-state index is 0.251. The Bertz CT molecular complexity index is 570. The van der Waals surface area contributed by atoms with Crippen LogP contribution in [0.4, 0.5) is 0 Å². The lowest BCUT2D eigenvalue weighted by molar-refractivity contribution is 0.0871. The maximum absolute atomic E-state index is 10.2. The van der Waals surface area contributed by atoms with E-state index in [9.17, 15) is 10.2 Å². The molecule has 0 spiro atoms. The van der Waals surface area contributed by atoms with Crippen molar-refractivity contribution in [1.29, 1.82) is 0 Å². The molecule has 0 aliphatic heterocycles. The fourth-order valence-corrected chi connectivity index (χ4v) is 2.82. The van der Waals surface area contributed by atoms with Crippen molar-refractivity contribution in [2.45, 2.75) is 89.5 Å². The first-order chi connectivity index (χ1) is 12.2. The first kappa shape index (κ1) is 20.4. The fraction of sp³-hybridized carbons (Fsp3) is 0.875. The van der Waals surface area contributed by atoms with Crippen LogP contribution in [-0.4, -0.2) is 62.8 Å². The Morgan fingerprint density at radius 3 is 1.42 bits per heavy atom. The summed E-state index contributed by atoms with van der Waals surface area (Å²) in [6.07, 6.45) is 6.18. The first-order valence-corrected chi connectivity index (χ1v) is 9.04. The van der Waals surface area contributed by atoms with Gasteiger partial charge in [-0.15, -0.1) is 10.2 Å². The van der Waals surface area contributed by atoms with Crippen molar-refractivity contribution in [3.63, 3.8) is 0 Å². The molecule has 26 heavy (non-hydrogen) atoms. The van der Waals surface area contributed by atoms with Crippen LogP contribution in [0.2, 0.25) is 0 Å². The van der Waals surface area contributed by atoms with Gasteiger partial charge in [0, 0.05) is 0 Å². The highest BCUT2D eigenvalue weighted by Gasteiger charge is 2.24. The lowest BCUT2D eigenvalue weighted by Gasteiger charge is -2.26. The van der Waals surface area contributed by atoms with E-state index in [0.29, 0.717) is 25.7 Å². The average molecular weight is 366 g/mol. The van der Waals surface area contributed by atoms with Crippen molar-refractivity contribution in [3.8, 4) is 0 Å². The van der Waals surface area contributed by atoms with Crippen molar-refractivity contribution >= 4 is 0 Å². The van der Waals surface area contributed by atoms with Crippen LogP contribution >= 0.6 is 0 Å². The summed E-state index contributed by atoms with van der Waals surface area (Å²) in [4.78, 5) is 0. The van der Waals surface area contributed by atoms with Gasteiger partial charge in [0.25, 0.3) is 0 Å². The number of nitrogens with zero attached hydrogens (tertiary/aromatic N) is 8. The molecule has 10 heteroatoms. The normalized spacial score (nSPS) is 15.2. The predicted octanol–water partition coefficient (Wildman–Crippen LogP) is 0.892. The Labute approximate surface area is 153 Å². The molecule has 10 nitrogen and oxygen atoms in total. The SMILES string of the molecule is CC(C)(CCC(O)CCC(O)CCC(C)(C)n1cnnn1)n1cnnn1. The van der Waals surface area contributed by atoms with E-state index >= 15 is 0 Å². The van der Waals surface area contributed by atoms with E-state index in [1.54, 1.807) is 22.0 Å². The Balaban J connectivity index is 1.67. The van der Waals surface area contributed by atoms with Gasteiger partial charge < -0.3 is 10.2 Å². The average Bonchev–Trinajstić information content (AvgIpc) is 3.30. The van der Waals surface area contributed by atoms with Gasteiger partial charge >= 0.3 is 0 Å². The lowest BCUT2D eigenvalue weighted by atomic mass is 9.92. The monoisotopic (exact) mass is 366 g/mol. The molecule has 0 amide bonds. The quantitative estimate of drug-likeness (QED) is 0.600. The second-order valence-electron chi connectivity index (χ2n) is 8.10. The Morgan fingerprint density at radius 2 is 1.12 bits per heavy atom. The van der Waals surface area contributed by atoms with Gasteiger partial charge in [-0.25, -0.2) is 9.36 Å². The van der Waals surface area contributed by atoms with E-state index in [-0.39, 0.29) is 11.1 Å². The van der Waals surface area contributed by atoms with Gasteiger partial charge in [-0.3, -0.25) is 0 Å². The Morgan fingerprint density at radius 1 is 0.731 bits per heavy atom. The molecule has 0 bridgehead atoms. The molecule has 2 atom stereocenters. The summed E-state index contributed by atoms with van der Waals surface area (Å²) in [6.45, 7) is 8.13. The van der Waals surface area contributed by atoms with Gasteiger partial charge in [-0.1, -0.05) is 0 Å². The smallest absolute Gasteiger partial charge is 0.138 e. The number of aromatic nitrogens is 8. The largest absolute Gasteiger partial charge is 0.393 e. The minimum Gasteiger partial charge on any atom is -0.393 e. The lowest BCUT2D eigenvalue weighted by Crippen LogP contribution is -2.29. The number of rotatable bonds is 11. The van der Waals surface area contributed by atoms with Gasteiger partial charge in [0.2, 0.25) is 0 Å². The van der Waals surface area contributed by atoms with Crippen LogP contribution in [0.5, 0.6) is 0 Å². The van der Waals surface area contributed by atoms with E-state index in [1.807, 2.05) is 27.7 Å². The molecule has 2 unspecified atom stereocenters. The maximum Gasteiger partial charge on any atom is 0.138 e. The molecule has 0 radical (unpaired) electrons. The van der Waals surface area contributed by atoms with Crippen molar-refractivity contribution < 1.29 is 10.2 Å². The van der Waals surface area contributed by atoms with E-state index in [0.717, 1.165) is 12.8 Å². The third-order valence-electron chi connectivity index (χ3n) is 4.95. The Kier molecular flexibility index (Phi) is 6.76. The molecule has 2 rings (SSSR count). The third kappa shape index (κ3) is 5.80. The summed E-state index contributed by atoms with van der Waals surface area (Å²) in [5, 5.41) is 42.9. The van der Waals surface area contributed by atoms with Crippen LogP contribution in [0.3, 0.4) is 0 Å². The molecule has 2 aromatic rings. The molecule has 0 aliphatic rings. The second kappa shape index (κ2) is 8.63. The molecular weight excluding hydrogens is 336 g/mol. The van der Waals surface area contributed by atoms with E-state index in [2.05, 4.69) is 31.1 Å². The van der Waals surface area contributed by atoms with Gasteiger partial charge in [-0.2, -0.15) is 0 Å². The summed E-state index contributed by atoms with van der Waals surface area (Å²) in [6, 6.07) is 0. The number of aliphatic hydroxyl groups is 2. The van der Waals surface area contributed by atoms with E-state index in [4.69, 9.17) is 0 Å². The second-order valence-corrected chi connectivity index (χ2v) is 8.10. The van der Waals surface area contributed by atoms with E-state index < -0.39 is 12.2 Å². The maximum atomic E-state index is 10.2. The number of hydrogen-bond acceptors (Lipinski definition) is 8. The standard InChI is InChI=1S/C16H30N8O2/c1-15(2,23-11-17-19-21-23)9-7-13(25)5-6-14(26)8-10-16(3,4)24-12-18-20-22-24/h11-14,25-26H,5-10H2,1-4H3. The zero-order valence-electron chi connectivity index (χ0n) is 16.0. The Hall–Kier alpha value is -1.94. The highest BCUT2D eigenvalue weighted by Crippen LogP contribution is 2.24. The van der Waals surface area contributed by atoms with Crippen LogP contribution in [0, 0.1) is 0 Å². The third-order valence-corrected chi connectivity index (χ3v) is 4.95. The fourth-order valence-electron chi connectivity index (χ4n) is 2.82. The number of hydrogen-bond donors (Lipinski definition) is 2. The minimum atomic E-state index is -0.451. The molecule has 0 saturated carbocycles. The zero-order chi connectivity index (χ0) is 19.2. The highest BCUT2D eigenvalue weighted by atomic mass is 16.3. The molecular formula is C16H30N8O2. The van der Waals surface area contributed by atoms with Crippen LogP contribution in [-0.2, 0) is 11.1 Å². The van der Waals surface area contributed by atoms with Gasteiger partial charge in [0.1, 0.15) is 12.7 Å². The highest BCUT2D eigenvalue weighted by molar-refractivity contribution is 4.78. The van der Waals surface area contributed by atoms with Crippen LogP contribution < -0.4 is 0 Å². The van der Waals surface area contributed by atoms with Gasteiger partial charge in [0.05, 0.1) is 23.3 Å². The van der Waals surface area contributed by atoms with Crippen molar-refractivity contribution in [1.82, 2.24) is 40.4 Å². The molecule has 2 aromatic heterocycles. The first-order valence-electron chi connectivity index (χ1n) is 9.04. The molecule has 0 saturated heterocycles. The van der Waals surface area contributed by atoms with Gasteiger partial charge in [0.15, 0.2) is 0 Å². The number of tetrazole rings is 2. The van der Waals surface area contributed by atoms with Crippen molar-refractivity contribution in [2.24, 2.45) is 0 Å². The summed E-state index contributed by atoms with van der Waals surface area (Å²) in [5.74, 6) is 0. The molecule has 0 aromatic carbocycles. The van der Waals surface area contributed by atoms with Gasteiger partial charge in [-0.05, 0) is 87.1 Å². The topological polar surface area (TPSA) is 128 Å². The van der Waals surface area contributed by atoms with Crippen molar-refractivity contribution in [2.75, 3.05) is 0 Å². The predicted molar refractivity (Wildman–Crippen MR) is 94.0 cm³/mol. The molecule has 0 fully saturated rings. The molecule has 0 aliphatic carbocycles.